The first-order valence-electron chi connectivity index (χ1n) is 11.4. The molecule has 4 rings (SSSR count). The van der Waals surface area contributed by atoms with Gasteiger partial charge < -0.3 is 24.8 Å². The van der Waals surface area contributed by atoms with Gasteiger partial charge in [0.2, 0.25) is 0 Å². The van der Waals surface area contributed by atoms with Crippen LogP contribution in [0, 0.1) is 0 Å². The molecular weight excluding hydrogens is 432 g/mol. The zero-order chi connectivity index (χ0) is 23.8. The number of anilines is 2. The number of amides is 2. The number of carbonyl (C=O) groups is 2. The molecule has 1 aliphatic heterocycles. The van der Waals surface area contributed by atoms with Crippen molar-refractivity contribution in [3.8, 4) is 11.5 Å². The Hall–Kier alpha value is -3.84. The average Bonchev–Trinajstić information content (AvgIpc) is 3.38. The molecule has 1 atom stereocenters. The fourth-order valence-corrected chi connectivity index (χ4v) is 3.65. The lowest BCUT2D eigenvalue weighted by molar-refractivity contribution is 0.0679. The molecular formula is C27H28N2O5. The van der Waals surface area contributed by atoms with Crippen molar-refractivity contribution in [2.45, 2.75) is 25.9 Å². The van der Waals surface area contributed by atoms with Crippen LogP contribution in [0.1, 0.15) is 40.5 Å². The summed E-state index contributed by atoms with van der Waals surface area (Å²) in [6.07, 6.45) is 2.20. The predicted molar refractivity (Wildman–Crippen MR) is 131 cm³/mol. The quantitative estimate of drug-likeness (QED) is 0.461. The summed E-state index contributed by atoms with van der Waals surface area (Å²) < 4.78 is 16.7. The minimum absolute atomic E-state index is 0.133. The lowest BCUT2D eigenvalue weighted by Crippen LogP contribution is -2.18. The molecule has 176 valence electrons. The summed E-state index contributed by atoms with van der Waals surface area (Å²) in [4.78, 5) is 25.7. The molecule has 1 unspecified atom stereocenters. The molecule has 7 nitrogen and oxygen atoms in total. The van der Waals surface area contributed by atoms with Gasteiger partial charge in [0.25, 0.3) is 11.8 Å². The van der Waals surface area contributed by atoms with Crippen LogP contribution >= 0.6 is 0 Å². The van der Waals surface area contributed by atoms with E-state index in [-0.39, 0.29) is 17.9 Å². The molecule has 1 aliphatic rings. The molecule has 1 heterocycles. The fourth-order valence-electron chi connectivity index (χ4n) is 3.65. The second-order valence-electron chi connectivity index (χ2n) is 7.88. The molecule has 1 saturated heterocycles. The van der Waals surface area contributed by atoms with Crippen molar-refractivity contribution >= 4 is 23.2 Å². The van der Waals surface area contributed by atoms with Gasteiger partial charge in [-0.05, 0) is 80.4 Å². The number of nitrogens with one attached hydrogen (secondary N) is 2. The zero-order valence-corrected chi connectivity index (χ0v) is 19.1. The number of para-hydroxylation sites is 1. The number of ether oxygens (including phenoxy) is 3. The van der Waals surface area contributed by atoms with E-state index in [0.717, 1.165) is 25.2 Å². The van der Waals surface area contributed by atoms with Crippen molar-refractivity contribution in [2.75, 3.05) is 30.5 Å². The second-order valence-corrected chi connectivity index (χ2v) is 7.88. The Labute approximate surface area is 199 Å². The summed E-state index contributed by atoms with van der Waals surface area (Å²) in [5.74, 6) is 0.781. The van der Waals surface area contributed by atoms with E-state index < -0.39 is 0 Å². The number of rotatable bonds is 9. The molecule has 7 heteroatoms. The first-order chi connectivity index (χ1) is 16.6. The molecule has 0 saturated carbocycles. The minimum Gasteiger partial charge on any atom is -0.494 e. The third-order valence-corrected chi connectivity index (χ3v) is 5.42. The lowest BCUT2D eigenvalue weighted by Gasteiger charge is -2.13. The van der Waals surface area contributed by atoms with E-state index >= 15 is 0 Å². The highest BCUT2D eigenvalue weighted by Crippen LogP contribution is 2.21. The van der Waals surface area contributed by atoms with E-state index in [1.54, 1.807) is 72.8 Å². The number of carbonyl (C=O) groups excluding carboxylic acids is 2. The van der Waals surface area contributed by atoms with Gasteiger partial charge in [-0.15, -0.1) is 0 Å². The largest absolute Gasteiger partial charge is 0.494 e. The summed E-state index contributed by atoms with van der Waals surface area (Å²) in [6, 6.07) is 20.9. The summed E-state index contributed by atoms with van der Waals surface area (Å²) in [6.45, 7) is 3.77. The third-order valence-electron chi connectivity index (χ3n) is 5.42. The molecule has 3 aromatic carbocycles. The van der Waals surface area contributed by atoms with Crippen molar-refractivity contribution in [3.63, 3.8) is 0 Å². The van der Waals surface area contributed by atoms with Gasteiger partial charge in [-0.25, -0.2) is 0 Å². The standard InChI is InChI=1S/C27H28N2O5/c1-2-32-21-15-11-20(12-16-21)28-27(31)24-7-3-4-8-25(24)29-26(30)19-9-13-22(14-10-19)34-18-23-6-5-17-33-23/h3-4,7-16,23H,2,5-6,17-18H2,1H3,(H,28,31)(H,29,30). The highest BCUT2D eigenvalue weighted by Gasteiger charge is 2.17. The highest BCUT2D eigenvalue weighted by atomic mass is 16.5. The van der Waals surface area contributed by atoms with Gasteiger partial charge >= 0.3 is 0 Å². The Morgan fingerprint density at radius 3 is 2.29 bits per heavy atom. The van der Waals surface area contributed by atoms with E-state index in [2.05, 4.69) is 10.6 Å². The van der Waals surface area contributed by atoms with Gasteiger partial charge in [-0.3, -0.25) is 9.59 Å². The van der Waals surface area contributed by atoms with E-state index in [0.29, 0.717) is 41.5 Å². The van der Waals surface area contributed by atoms with Gasteiger partial charge in [-0.2, -0.15) is 0 Å². The van der Waals surface area contributed by atoms with Gasteiger partial charge in [0.1, 0.15) is 18.1 Å². The third kappa shape index (κ3) is 6.14. The molecule has 0 bridgehead atoms. The topological polar surface area (TPSA) is 85.9 Å². The van der Waals surface area contributed by atoms with Gasteiger partial charge in [-0.1, -0.05) is 12.1 Å². The van der Waals surface area contributed by atoms with Gasteiger partial charge in [0.05, 0.1) is 24.0 Å². The molecule has 2 amide bonds. The Morgan fingerprint density at radius 2 is 1.59 bits per heavy atom. The summed E-state index contributed by atoms with van der Waals surface area (Å²) >= 11 is 0. The predicted octanol–water partition coefficient (Wildman–Crippen LogP) is 5.15. The molecule has 34 heavy (non-hydrogen) atoms. The summed E-state index contributed by atoms with van der Waals surface area (Å²) in [5.41, 5.74) is 1.88. The van der Waals surface area contributed by atoms with Crippen molar-refractivity contribution in [1.29, 1.82) is 0 Å². The van der Waals surface area contributed by atoms with Crippen LogP contribution in [-0.2, 0) is 4.74 Å². The maximum absolute atomic E-state index is 12.9. The highest BCUT2D eigenvalue weighted by molar-refractivity contribution is 6.12. The van der Waals surface area contributed by atoms with Crippen LogP contribution in [0.2, 0.25) is 0 Å². The Kier molecular flexibility index (Phi) is 7.78. The number of benzene rings is 3. The van der Waals surface area contributed by atoms with E-state index in [1.165, 1.54) is 0 Å². The van der Waals surface area contributed by atoms with Crippen LogP contribution in [0.5, 0.6) is 11.5 Å². The monoisotopic (exact) mass is 460 g/mol. The van der Waals surface area contributed by atoms with Crippen molar-refractivity contribution in [3.05, 3.63) is 83.9 Å². The maximum atomic E-state index is 12.9. The first kappa shape index (κ1) is 23.3. The second kappa shape index (κ2) is 11.3. The van der Waals surface area contributed by atoms with Crippen molar-refractivity contribution in [1.82, 2.24) is 0 Å². The van der Waals surface area contributed by atoms with Crippen LogP contribution in [0.3, 0.4) is 0 Å². The molecule has 0 aliphatic carbocycles. The smallest absolute Gasteiger partial charge is 0.257 e. The number of hydrogen-bond donors (Lipinski definition) is 2. The molecule has 1 fully saturated rings. The zero-order valence-electron chi connectivity index (χ0n) is 19.1. The Balaban J connectivity index is 1.38. The summed E-state index contributed by atoms with van der Waals surface area (Å²) in [7, 11) is 0. The maximum Gasteiger partial charge on any atom is 0.257 e. The Morgan fingerprint density at radius 1 is 0.882 bits per heavy atom. The van der Waals surface area contributed by atoms with Crippen molar-refractivity contribution in [2.24, 2.45) is 0 Å². The average molecular weight is 461 g/mol. The Bertz CT molecular complexity index is 1110. The number of hydrogen-bond acceptors (Lipinski definition) is 5. The van der Waals surface area contributed by atoms with Crippen LogP contribution in [0.4, 0.5) is 11.4 Å². The molecule has 0 radical (unpaired) electrons. The van der Waals surface area contributed by atoms with Crippen LogP contribution in [0.15, 0.2) is 72.8 Å². The first-order valence-corrected chi connectivity index (χ1v) is 11.4. The normalized spacial score (nSPS) is 14.9. The van der Waals surface area contributed by atoms with Crippen LogP contribution in [0.25, 0.3) is 0 Å². The molecule has 2 N–H and O–H groups in total. The fraction of sp³-hybridized carbons (Fsp3) is 0.259. The minimum atomic E-state index is -0.321. The van der Waals surface area contributed by atoms with E-state index in [1.807, 2.05) is 6.92 Å². The van der Waals surface area contributed by atoms with Crippen molar-refractivity contribution < 1.29 is 23.8 Å². The SMILES string of the molecule is CCOc1ccc(NC(=O)c2ccccc2NC(=O)c2ccc(OCC3CCCO3)cc2)cc1. The van der Waals surface area contributed by atoms with E-state index in [4.69, 9.17) is 14.2 Å². The molecule has 0 spiro atoms. The van der Waals surface area contributed by atoms with Crippen LogP contribution < -0.4 is 20.1 Å². The van der Waals surface area contributed by atoms with Gasteiger partial charge in [0, 0.05) is 17.9 Å². The summed E-state index contributed by atoms with van der Waals surface area (Å²) in [5, 5.41) is 5.69. The van der Waals surface area contributed by atoms with Crippen LogP contribution in [-0.4, -0.2) is 37.7 Å². The van der Waals surface area contributed by atoms with Gasteiger partial charge in [0.15, 0.2) is 0 Å². The molecule has 0 aromatic heterocycles. The lowest BCUT2D eigenvalue weighted by atomic mass is 10.1. The molecule has 3 aromatic rings. The van der Waals surface area contributed by atoms with E-state index in [9.17, 15) is 9.59 Å².